The predicted molar refractivity (Wildman–Crippen MR) is 87.2 cm³/mol. The van der Waals surface area contributed by atoms with Crippen molar-refractivity contribution >= 4 is 11.8 Å². The Morgan fingerprint density at radius 1 is 1.26 bits per heavy atom. The van der Waals surface area contributed by atoms with Gasteiger partial charge in [0.25, 0.3) is 0 Å². The maximum absolute atomic E-state index is 12.4. The van der Waals surface area contributed by atoms with Gasteiger partial charge in [-0.3, -0.25) is 9.59 Å². The van der Waals surface area contributed by atoms with E-state index in [4.69, 9.17) is 4.74 Å². The monoisotopic (exact) mass is 316 g/mol. The van der Waals surface area contributed by atoms with Crippen molar-refractivity contribution in [2.24, 2.45) is 5.92 Å². The van der Waals surface area contributed by atoms with Crippen molar-refractivity contribution in [2.45, 2.75) is 32.8 Å². The first kappa shape index (κ1) is 15.8. The fourth-order valence-corrected chi connectivity index (χ4v) is 3.23. The van der Waals surface area contributed by atoms with Crippen molar-refractivity contribution < 1.29 is 14.3 Å². The van der Waals surface area contributed by atoms with Gasteiger partial charge in [-0.25, -0.2) is 0 Å². The number of hydrogen-bond acceptors (Lipinski definition) is 3. The van der Waals surface area contributed by atoms with E-state index in [2.05, 4.69) is 19.1 Å². The summed E-state index contributed by atoms with van der Waals surface area (Å²) in [6.07, 6.45) is 1.40. The smallest absolute Gasteiger partial charge is 0.228 e. The van der Waals surface area contributed by atoms with Gasteiger partial charge in [0.2, 0.25) is 11.8 Å². The van der Waals surface area contributed by atoms with Gasteiger partial charge >= 0.3 is 0 Å². The molecule has 2 fully saturated rings. The second-order valence-corrected chi connectivity index (χ2v) is 6.32. The Hall–Kier alpha value is -2.04. The topological polar surface area (TPSA) is 49.9 Å². The zero-order chi connectivity index (χ0) is 16.4. The van der Waals surface area contributed by atoms with Gasteiger partial charge in [0, 0.05) is 19.5 Å². The number of amides is 2. The fraction of sp³-hybridized carbons (Fsp3) is 0.556. The van der Waals surface area contributed by atoms with E-state index >= 15 is 0 Å². The summed E-state index contributed by atoms with van der Waals surface area (Å²) < 4.78 is 5.93. The van der Waals surface area contributed by atoms with E-state index in [-0.39, 0.29) is 23.8 Å². The van der Waals surface area contributed by atoms with Gasteiger partial charge in [-0.2, -0.15) is 0 Å². The quantitative estimate of drug-likeness (QED) is 0.831. The number of benzene rings is 1. The summed E-state index contributed by atoms with van der Waals surface area (Å²) in [6, 6.07) is 8.09. The highest BCUT2D eigenvalue weighted by Gasteiger charge is 2.40. The van der Waals surface area contributed by atoms with E-state index in [0.29, 0.717) is 32.6 Å². The number of carbonyl (C=O) groups excluding carboxylic acids is 2. The van der Waals surface area contributed by atoms with Crippen LogP contribution in [-0.2, 0) is 16.0 Å². The van der Waals surface area contributed by atoms with Crippen LogP contribution in [0.15, 0.2) is 24.3 Å². The summed E-state index contributed by atoms with van der Waals surface area (Å²) >= 11 is 0. The molecule has 0 radical (unpaired) electrons. The van der Waals surface area contributed by atoms with Crippen LogP contribution < -0.4 is 4.74 Å². The molecule has 1 aromatic carbocycles. The molecule has 5 heteroatoms. The number of nitrogens with zero attached hydrogens (tertiary/aromatic N) is 2. The van der Waals surface area contributed by atoms with Gasteiger partial charge in [-0.15, -0.1) is 0 Å². The number of hydrogen-bond donors (Lipinski definition) is 0. The standard InChI is InChI=1S/C18H24N2O3/c1-3-13-6-5-7-15(8-13)23-16-11-20(12-16)18(22)14-9-17(21)19(4-2)10-14/h5-8,14,16H,3-4,9-12H2,1-2H3/t14-/m1/s1. The molecule has 0 aromatic heterocycles. The summed E-state index contributed by atoms with van der Waals surface area (Å²) in [7, 11) is 0. The minimum atomic E-state index is -0.174. The van der Waals surface area contributed by atoms with Gasteiger partial charge in [0.15, 0.2) is 0 Å². The lowest BCUT2D eigenvalue weighted by atomic mass is 10.0. The van der Waals surface area contributed by atoms with Crippen LogP contribution in [0.4, 0.5) is 0 Å². The van der Waals surface area contributed by atoms with Crippen LogP contribution in [0.2, 0.25) is 0 Å². The van der Waals surface area contributed by atoms with Crippen molar-refractivity contribution in [2.75, 3.05) is 26.2 Å². The summed E-state index contributed by atoms with van der Waals surface area (Å²) in [5, 5.41) is 0. The van der Waals surface area contributed by atoms with Crippen LogP contribution in [0.3, 0.4) is 0 Å². The summed E-state index contributed by atoms with van der Waals surface area (Å²) in [5.74, 6) is 0.883. The van der Waals surface area contributed by atoms with Crippen LogP contribution >= 0.6 is 0 Å². The number of likely N-dealkylation sites (tertiary alicyclic amines) is 2. The van der Waals surface area contributed by atoms with Gasteiger partial charge in [0.05, 0.1) is 19.0 Å². The molecule has 0 spiro atoms. The fourth-order valence-electron chi connectivity index (χ4n) is 3.23. The second-order valence-electron chi connectivity index (χ2n) is 6.32. The van der Waals surface area contributed by atoms with Crippen LogP contribution in [0.1, 0.15) is 25.8 Å². The van der Waals surface area contributed by atoms with Crippen LogP contribution in [-0.4, -0.2) is 53.9 Å². The lowest BCUT2D eigenvalue weighted by Crippen LogP contribution is -2.57. The van der Waals surface area contributed by atoms with E-state index in [1.54, 1.807) is 4.90 Å². The molecule has 2 aliphatic rings. The molecular weight excluding hydrogens is 292 g/mol. The Morgan fingerprint density at radius 2 is 2.04 bits per heavy atom. The summed E-state index contributed by atoms with van der Waals surface area (Å²) in [4.78, 5) is 27.7. The average Bonchev–Trinajstić information content (AvgIpc) is 2.91. The van der Waals surface area contributed by atoms with Gasteiger partial charge in [-0.1, -0.05) is 19.1 Å². The van der Waals surface area contributed by atoms with Gasteiger partial charge < -0.3 is 14.5 Å². The molecule has 23 heavy (non-hydrogen) atoms. The lowest BCUT2D eigenvalue weighted by Gasteiger charge is -2.40. The highest BCUT2D eigenvalue weighted by molar-refractivity contribution is 5.89. The van der Waals surface area contributed by atoms with Gasteiger partial charge in [-0.05, 0) is 31.0 Å². The Labute approximate surface area is 137 Å². The molecule has 2 aliphatic heterocycles. The molecule has 1 atom stereocenters. The normalized spacial score (nSPS) is 21.5. The number of ether oxygens (including phenoxy) is 1. The summed E-state index contributed by atoms with van der Waals surface area (Å²) in [5.41, 5.74) is 1.25. The maximum Gasteiger partial charge on any atom is 0.228 e. The zero-order valence-corrected chi connectivity index (χ0v) is 13.8. The van der Waals surface area contributed by atoms with E-state index < -0.39 is 0 Å². The van der Waals surface area contributed by atoms with Crippen molar-refractivity contribution in [1.82, 2.24) is 9.80 Å². The first-order valence-corrected chi connectivity index (χ1v) is 8.42. The van der Waals surface area contributed by atoms with Crippen LogP contribution in [0.25, 0.3) is 0 Å². The molecule has 124 valence electrons. The maximum atomic E-state index is 12.4. The number of rotatable bonds is 5. The molecule has 0 N–H and O–H groups in total. The third-order valence-electron chi connectivity index (χ3n) is 4.71. The average molecular weight is 316 g/mol. The Kier molecular flexibility index (Phi) is 4.55. The summed E-state index contributed by atoms with van der Waals surface area (Å²) in [6.45, 7) is 6.54. The molecule has 0 aliphatic carbocycles. The highest BCUT2D eigenvalue weighted by Crippen LogP contribution is 2.25. The first-order valence-electron chi connectivity index (χ1n) is 8.42. The zero-order valence-electron chi connectivity index (χ0n) is 13.8. The highest BCUT2D eigenvalue weighted by atomic mass is 16.5. The molecule has 0 saturated carbocycles. The molecule has 5 nitrogen and oxygen atoms in total. The second kappa shape index (κ2) is 6.60. The van der Waals surface area contributed by atoms with E-state index in [9.17, 15) is 9.59 Å². The third-order valence-corrected chi connectivity index (χ3v) is 4.71. The van der Waals surface area contributed by atoms with Gasteiger partial charge in [0.1, 0.15) is 11.9 Å². The van der Waals surface area contributed by atoms with Crippen molar-refractivity contribution in [3.8, 4) is 5.75 Å². The predicted octanol–water partition coefficient (Wildman–Crippen LogP) is 1.71. The SMILES string of the molecule is CCc1cccc(OC2CN(C(=O)[C@@H]3CC(=O)N(CC)C3)C2)c1. The molecular formula is C18H24N2O3. The van der Waals surface area contributed by atoms with Crippen molar-refractivity contribution in [1.29, 1.82) is 0 Å². The Bertz CT molecular complexity index is 596. The number of carbonyl (C=O) groups is 2. The lowest BCUT2D eigenvalue weighted by molar-refractivity contribution is -0.144. The van der Waals surface area contributed by atoms with E-state index in [1.165, 1.54) is 5.56 Å². The molecule has 3 rings (SSSR count). The minimum Gasteiger partial charge on any atom is -0.487 e. The number of aryl methyl sites for hydroxylation is 1. The largest absolute Gasteiger partial charge is 0.487 e. The van der Waals surface area contributed by atoms with Crippen LogP contribution in [0, 0.1) is 5.92 Å². The first-order chi connectivity index (χ1) is 11.1. The molecule has 2 heterocycles. The molecule has 1 aromatic rings. The minimum absolute atomic E-state index is 0.0606. The Balaban J connectivity index is 1.49. The van der Waals surface area contributed by atoms with Crippen molar-refractivity contribution in [3.63, 3.8) is 0 Å². The Morgan fingerprint density at radius 3 is 2.70 bits per heavy atom. The molecule has 2 amide bonds. The van der Waals surface area contributed by atoms with E-state index in [0.717, 1.165) is 12.2 Å². The van der Waals surface area contributed by atoms with Crippen LogP contribution in [0.5, 0.6) is 5.75 Å². The molecule has 0 unspecified atom stereocenters. The molecule has 0 bridgehead atoms. The molecule has 2 saturated heterocycles. The van der Waals surface area contributed by atoms with E-state index in [1.807, 2.05) is 24.0 Å². The third kappa shape index (κ3) is 3.33. The van der Waals surface area contributed by atoms with Crippen molar-refractivity contribution in [3.05, 3.63) is 29.8 Å².